The first kappa shape index (κ1) is 13.6. The van der Waals surface area contributed by atoms with Crippen LogP contribution in [0.5, 0.6) is 0 Å². The Morgan fingerprint density at radius 2 is 2.44 bits per heavy atom. The summed E-state index contributed by atoms with van der Waals surface area (Å²) in [7, 11) is 1.73. The normalized spacial score (nSPS) is 24.3. The van der Waals surface area contributed by atoms with Crippen molar-refractivity contribution in [3.05, 3.63) is 24.2 Å². The highest BCUT2D eigenvalue weighted by Crippen LogP contribution is 2.32. The van der Waals surface area contributed by atoms with Gasteiger partial charge in [0, 0.05) is 32.2 Å². The van der Waals surface area contributed by atoms with Gasteiger partial charge >= 0.3 is 0 Å². The van der Waals surface area contributed by atoms with Crippen LogP contribution in [0.3, 0.4) is 0 Å². The van der Waals surface area contributed by atoms with Crippen molar-refractivity contribution >= 4 is 0 Å². The van der Waals surface area contributed by atoms with Gasteiger partial charge in [0.05, 0.1) is 25.7 Å². The molecule has 1 aliphatic rings. The van der Waals surface area contributed by atoms with Crippen molar-refractivity contribution < 1.29 is 13.9 Å². The average Bonchev–Trinajstić information content (AvgIpc) is 2.89. The van der Waals surface area contributed by atoms with Crippen LogP contribution in [0.15, 0.2) is 23.0 Å². The number of ether oxygens (including phenoxy) is 2. The van der Waals surface area contributed by atoms with Crippen LogP contribution < -0.4 is 5.32 Å². The predicted molar refractivity (Wildman–Crippen MR) is 69.6 cm³/mol. The summed E-state index contributed by atoms with van der Waals surface area (Å²) in [5.74, 6) is 0. The van der Waals surface area contributed by atoms with Gasteiger partial charge in [-0.1, -0.05) is 0 Å². The number of furan rings is 1. The topological polar surface area (TPSA) is 43.6 Å². The first-order valence-electron chi connectivity index (χ1n) is 6.63. The number of nitrogens with one attached hydrogen (secondary N) is 1. The summed E-state index contributed by atoms with van der Waals surface area (Å²) in [4.78, 5) is 0. The third-order valence-electron chi connectivity index (χ3n) is 3.55. The van der Waals surface area contributed by atoms with Crippen LogP contribution in [0.25, 0.3) is 0 Å². The van der Waals surface area contributed by atoms with Crippen LogP contribution in [0.2, 0.25) is 0 Å². The zero-order valence-electron chi connectivity index (χ0n) is 11.1. The molecule has 0 saturated carbocycles. The minimum Gasteiger partial charge on any atom is -0.472 e. The molecule has 1 N–H and O–H groups in total. The third kappa shape index (κ3) is 3.83. The molecule has 0 radical (unpaired) electrons. The highest BCUT2D eigenvalue weighted by molar-refractivity contribution is 5.09. The fourth-order valence-corrected chi connectivity index (χ4v) is 2.61. The van der Waals surface area contributed by atoms with Crippen LogP contribution in [0, 0.1) is 5.41 Å². The average molecular weight is 253 g/mol. The molecule has 1 unspecified atom stereocenters. The van der Waals surface area contributed by atoms with Crippen LogP contribution in [-0.4, -0.2) is 40.0 Å². The Kier molecular flexibility index (Phi) is 5.23. The van der Waals surface area contributed by atoms with E-state index in [1.807, 2.05) is 12.3 Å². The second-order valence-electron chi connectivity index (χ2n) is 5.13. The van der Waals surface area contributed by atoms with E-state index in [1.54, 1.807) is 13.4 Å². The Hall–Kier alpha value is -0.840. The van der Waals surface area contributed by atoms with Crippen LogP contribution in [0.4, 0.5) is 0 Å². The summed E-state index contributed by atoms with van der Waals surface area (Å²) in [5.41, 5.74) is 1.46. The molecule has 1 aliphatic heterocycles. The van der Waals surface area contributed by atoms with E-state index in [4.69, 9.17) is 13.9 Å². The van der Waals surface area contributed by atoms with Gasteiger partial charge in [-0.15, -0.1) is 0 Å². The highest BCUT2D eigenvalue weighted by atomic mass is 16.5. The van der Waals surface area contributed by atoms with Gasteiger partial charge in [-0.2, -0.15) is 0 Å². The summed E-state index contributed by atoms with van der Waals surface area (Å²) in [6, 6.07) is 2.05. The molecule has 4 nitrogen and oxygen atoms in total. The molecule has 0 aliphatic carbocycles. The first-order chi connectivity index (χ1) is 8.85. The van der Waals surface area contributed by atoms with Crippen molar-refractivity contribution in [1.82, 2.24) is 5.32 Å². The van der Waals surface area contributed by atoms with Gasteiger partial charge in [-0.3, -0.25) is 0 Å². The van der Waals surface area contributed by atoms with Crippen molar-refractivity contribution in [2.75, 3.05) is 40.0 Å². The molecule has 0 bridgehead atoms. The van der Waals surface area contributed by atoms with Gasteiger partial charge < -0.3 is 19.2 Å². The SMILES string of the molecule is COCCNCC1(Cc2ccoc2)CCCOC1. The monoisotopic (exact) mass is 253 g/mol. The lowest BCUT2D eigenvalue weighted by atomic mass is 9.77. The zero-order valence-corrected chi connectivity index (χ0v) is 11.1. The second kappa shape index (κ2) is 6.92. The van der Waals surface area contributed by atoms with E-state index < -0.39 is 0 Å². The third-order valence-corrected chi connectivity index (χ3v) is 3.55. The molecular weight excluding hydrogens is 230 g/mol. The van der Waals surface area contributed by atoms with Crippen molar-refractivity contribution in [3.8, 4) is 0 Å². The summed E-state index contributed by atoms with van der Waals surface area (Å²) >= 11 is 0. The van der Waals surface area contributed by atoms with Crippen LogP contribution in [0.1, 0.15) is 18.4 Å². The molecule has 4 heteroatoms. The largest absolute Gasteiger partial charge is 0.472 e. The highest BCUT2D eigenvalue weighted by Gasteiger charge is 2.33. The van der Waals surface area contributed by atoms with E-state index in [-0.39, 0.29) is 5.41 Å². The Bertz CT molecular complexity index is 318. The quantitative estimate of drug-likeness (QED) is 0.753. The maximum absolute atomic E-state index is 5.69. The van der Waals surface area contributed by atoms with E-state index >= 15 is 0 Å². The maximum atomic E-state index is 5.69. The van der Waals surface area contributed by atoms with Gasteiger partial charge in [0.15, 0.2) is 0 Å². The summed E-state index contributed by atoms with van der Waals surface area (Å²) in [6.45, 7) is 4.34. The lowest BCUT2D eigenvalue weighted by molar-refractivity contribution is -0.00775. The van der Waals surface area contributed by atoms with Gasteiger partial charge in [-0.05, 0) is 30.9 Å². The Balaban J connectivity index is 1.89. The maximum Gasteiger partial charge on any atom is 0.0934 e. The molecule has 2 heterocycles. The molecule has 1 atom stereocenters. The zero-order chi connectivity index (χ0) is 12.7. The molecular formula is C14H23NO3. The Morgan fingerprint density at radius 1 is 1.50 bits per heavy atom. The Morgan fingerprint density at radius 3 is 3.11 bits per heavy atom. The molecule has 2 rings (SSSR count). The van der Waals surface area contributed by atoms with E-state index in [1.165, 1.54) is 12.0 Å². The molecule has 102 valence electrons. The number of hydrogen-bond acceptors (Lipinski definition) is 4. The van der Waals surface area contributed by atoms with Gasteiger partial charge in [-0.25, -0.2) is 0 Å². The first-order valence-corrected chi connectivity index (χ1v) is 6.63. The van der Waals surface area contributed by atoms with E-state index in [2.05, 4.69) is 5.32 Å². The smallest absolute Gasteiger partial charge is 0.0934 e. The summed E-state index contributed by atoms with van der Waals surface area (Å²) in [6.07, 6.45) is 6.95. The molecule has 18 heavy (non-hydrogen) atoms. The fraction of sp³-hybridized carbons (Fsp3) is 0.714. The lowest BCUT2D eigenvalue weighted by Crippen LogP contribution is -2.43. The molecule has 0 amide bonds. The molecule has 0 spiro atoms. The minimum atomic E-state index is 0.204. The van der Waals surface area contributed by atoms with Crippen LogP contribution in [-0.2, 0) is 15.9 Å². The number of hydrogen-bond donors (Lipinski definition) is 1. The van der Waals surface area contributed by atoms with Gasteiger partial charge in [0.25, 0.3) is 0 Å². The number of methoxy groups -OCH3 is 1. The van der Waals surface area contributed by atoms with Crippen molar-refractivity contribution in [3.63, 3.8) is 0 Å². The van der Waals surface area contributed by atoms with Crippen LogP contribution >= 0.6 is 0 Å². The summed E-state index contributed by atoms with van der Waals surface area (Å²) in [5, 5.41) is 3.47. The second-order valence-corrected chi connectivity index (χ2v) is 5.13. The Labute approximate surface area is 109 Å². The van der Waals surface area contributed by atoms with Gasteiger partial charge in [0.1, 0.15) is 0 Å². The van der Waals surface area contributed by atoms with Crippen molar-refractivity contribution in [1.29, 1.82) is 0 Å². The van der Waals surface area contributed by atoms with Gasteiger partial charge in [0.2, 0.25) is 0 Å². The molecule has 1 fully saturated rings. The molecule has 0 aromatic carbocycles. The fourth-order valence-electron chi connectivity index (χ4n) is 2.61. The van der Waals surface area contributed by atoms with E-state index in [0.717, 1.165) is 45.8 Å². The predicted octanol–water partition coefficient (Wildman–Crippen LogP) is 1.85. The standard InChI is InChI=1S/C14H23NO3/c1-16-8-5-15-11-14(4-2-6-18-12-14)9-13-3-7-17-10-13/h3,7,10,15H,2,4-6,8-9,11-12H2,1H3. The van der Waals surface area contributed by atoms with Crippen molar-refractivity contribution in [2.24, 2.45) is 5.41 Å². The van der Waals surface area contributed by atoms with Crippen molar-refractivity contribution in [2.45, 2.75) is 19.3 Å². The van der Waals surface area contributed by atoms with E-state index in [0.29, 0.717) is 0 Å². The van der Waals surface area contributed by atoms with E-state index in [9.17, 15) is 0 Å². The summed E-state index contributed by atoms with van der Waals surface area (Å²) < 4.78 is 15.9. The molecule has 1 aromatic heterocycles. The molecule has 1 saturated heterocycles. The number of rotatable bonds is 7. The minimum absolute atomic E-state index is 0.204. The molecule has 1 aromatic rings. The lowest BCUT2D eigenvalue weighted by Gasteiger charge is -2.37.